The predicted molar refractivity (Wildman–Crippen MR) is 40.1 cm³/mol. The molecule has 0 unspecified atom stereocenters. The monoisotopic (exact) mass is 169 g/mol. The molecule has 0 bridgehead atoms. The van der Waals surface area contributed by atoms with E-state index in [1.165, 1.54) is 6.20 Å². The highest BCUT2D eigenvalue weighted by atomic mass is 16.5. The number of H-pyrrole nitrogens is 1. The van der Waals surface area contributed by atoms with Gasteiger partial charge in [-0.15, -0.1) is 0 Å². The van der Waals surface area contributed by atoms with Gasteiger partial charge in [0.25, 0.3) is 0 Å². The number of rotatable bonds is 1. The summed E-state index contributed by atoms with van der Waals surface area (Å²) in [5.74, 6) is -1.27. The van der Waals surface area contributed by atoms with Crippen molar-refractivity contribution in [3.05, 3.63) is 28.2 Å². The molecule has 1 heterocycles. The first-order valence-electron chi connectivity index (χ1n) is 3.15. The van der Waals surface area contributed by atoms with E-state index in [-0.39, 0.29) is 5.56 Å². The number of aromatic nitrogens is 1. The highest BCUT2D eigenvalue weighted by molar-refractivity contribution is 5.89. The van der Waals surface area contributed by atoms with Crippen LogP contribution in [0.25, 0.3) is 0 Å². The Hall–Kier alpha value is -1.78. The minimum atomic E-state index is -0.771. The van der Waals surface area contributed by atoms with Crippen molar-refractivity contribution in [1.29, 1.82) is 0 Å². The van der Waals surface area contributed by atoms with Crippen molar-refractivity contribution in [3.8, 4) is 5.75 Å². The molecule has 0 saturated heterocycles. The molecule has 0 atom stereocenters. The summed E-state index contributed by atoms with van der Waals surface area (Å²) in [6.07, 6.45) is 2.27. The second kappa shape index (κ2) is 3.08. The standard InChI is InChI=1S/C7H7NO4/c1-12-7(11)4-2-8-3-5(9)6(4)10/h2-3,9H,1H3,(H,8,10). The summed E-state index contributed by atoms with van der Waals surface area (Å²) in [5, 5.41) is 8.89. The van der Waals surface area contributed by atoms with Crippen molar-refractivity contribution in [2.45, 2.75) is 0 Å². The Balaban J connectivity index is 3.26. The van der Waals surface area contributed by atoms with Crippen molar-refractivity contribution < 1.29 is 14.6 Å². The van der Waals surface area contributed by atoms with Crippen LogP contribution in [-0.4, -0.2) is 23.2 Å². The van der Waals surface area contributed by atoms with E-state index >= 15 is 0 Å². The maximum Gasteiger partial charge on any atom is 0.343 e. The molecule has 5 nitrogen and oxygen atoms in total. The zero-order chi connectivity index (χ0) is 9.14. The van der Waals surface area contributed by atoms with E-state index < -0.39 is 17.1 Å². The van der Waals surface area contributed by atoms with E-state index in [2.05, 4.69) is 9.72 Å². The van der Waals surface area contributed by atoms with Crippen LogP contribution in [0.15, 0.2) is 17.2 Å². The van der Waals surface area contributed by atoms with E-state index in [0.29, 0.717) is 0 Å². The van der Waals surface area contributed by atoms with Crippen LogP contribution < -0.4 is 5.43 Å². The van der Waals surface area contributed by atoms with E-state index in [1.54, 1.807) is 0 Å². The minimum Gasteiger partial charge on any atom is -0.503 e. The molecule has 64 valence electrons. The van der Waals surface area contributed by atoms with Gasteiger partial charge < -0.3 is 14.8 Å². The summed E-state index contributed by atoms with van der Waals surface area (Å²) >= 11 is 0. The summed E-state index contributed by atoms with van der Waals surface area (Å²) < 4.78 is 4.30. The first kappa shape index (κ1) is 8.32. The average molecular weight is 169 g/mol. The molecule has 0 fully saturated rings. The molecule has 0 spiro atoms. The third-order valence-corrected chi connectivity index (χ3v) is 1.33. The number of nitrogens with one attached hydrogen (secondary N) is 1. The second-order valence-electron chi connectivity index (χ2n) is 2.07. The van der Waals surface area contributed by atoms with Crippen molar-refractivity contribution in [3.63, 3.8) is 0 Å². The molecule has 5 heteroatoms. The van der Waals surface area contributed by atoms with Gasteiger partial charge in [0.2, 0.25) is 5.43 Å². The summed E-state index contributed by atoms with van der Waals surface area (Å²) in [6, 6.07) is 0. The normalized spacial score (nSPS) is 9.42. The predicted octanol–water partition coefficient (Wildman–Crippen LogP) is -0.133. The van der Waals surface area contributed by atoms with Gasteiger partial charge in [0.15, 0.2) is 5.75 Å². The van der Waals surface area contributed by atoms with Crippen LogP contribution in [0, 0.1) is 0 Å². The number of hydrogen-bond donors (Lipinski definition) is 2. The van der Waals surface area contributed by atoms with Crippen molar-refractivity contribution >= 4 is 5.97 Å². The molecule has 1 aromatic heterocycles. The number of hydrogen-bond acceptors (Lipinski definition) is 4. The number of pyridine rings is 1. The number of aromatic amines is 1. The van der Waals surface area contributed by atoms with Crippen molar-refractivity contribution in [1.82, 2.24) is 4.98 Å². The quantitative estimate of drug-likeness (QED) is 0.574. The summed E-state index contributed by atoms with van der Waals surface area (Å²) in [5.41, 5.74) is -0.946. The van der Waals surface area contributed by atoms with Gasteiger partial charge >= 0.3 is 5.97 Å². The Morgan fingerprint density at radius 3 is 2.83 bits per heavy atom. The zero-order valence-electron chi connectivity index (χ0n) is 6.33. The molecule has 0 aromatic carbocycles. The Morgan fingerprint density at radius 2 is 2.25 bits per heavy atom. The lowest BCUT2D eigenvalue weighted by molar-refractivity contribution is 0.0598. The molecule has 0 amide bonds. The molecule has 0 aliphatic carbocycles. The smallest absolute Gasteiger partial charge is 0.343 e. The molecule has 0 aliphatic heterocycles. The van der Waals surface area contributed by atoms with Gasteiger partial charge in [-0.25, -0.2) is 4.79 Å². The van der Waals surface area contributed by atoms with Gasteiger partial charge in [0, 0.05) is 12.4 Å². The fourth-order valence-electron chi connectivity index (χ4n) is 0.735. The molecule has 0 radical (unpaired) electrons. The molecule has 0 aliphatic rings. The van der Waals surface area contributed by atoms with Gasteiger partial charge in [-0.1, -0.05) is 0 Å². The Bertz CT molecular complexity index is 355. The van der Waals surface area contributed by atoms with E-state index in [1.807, 2.05) is 0 Å². The van der Waals surface area contributed by atoms with Crippen LogP contribution >= 0.6 is 0 Å². The first-order chi connectivity index (χ1) is 5.66. The molecule has 0 saturated carbocycles. The molecule has 1 aromatic rings. The SMILES string of the molecule is COC(=O)c1c[nH]cc(O)c1=O. The lowest BCUT2D eigenvalue weighted by Gasteiger charge is -1.97. The van der Waals surface area contributed by atoms with Crippen LogP contribution in [0.4, 0.5) is 0 Å². The van der Waals surface area contributed by atoms with E-state index in [4.69, 9.17) is 5.11 Å². The highest BCUT2D eigenvalue weighted by Crippen LogP contribution is 1.99. The molecule has 2 N–H and O–H groups in total. The number of carbonyl (C=O) groups is 1. The lowest BCUT2D eigenvalue weighted by atomic mass is 10.3. The van der Waals surface area contributed by atoms with Crippen LogP contribution in [0.5, 0.6) is 5.75 Å². The van der Waals surface area contributed by atoms with E-state index in [9.17, 15) is 9.59 Å². The largest absolute Gasteiger partial charge is 0.503 e. The lowest BCUT2D eigenvalue weighted by Crippen LogP contribution is -2.15. The van der Waals surface area contributed by atoms with Gasteiger partial charge in [-0.3, -0.25) is 4.79 Å². The van der Waals surface area contributed by atoms with Gasteiger partial charge in [0.05, 0.1) is 7.11 Å². The van der Waals surface area contributed by atoms with Crippen molar-refractivity contribution in [2.24, 2.45) is 0 Å². The Labute approximate surface area is 67.6 Å². The second-order valence-corrected chi connectivity index (χ2v) is 2.07. The first-order valence-corrected chi connectivity index (χ1v) is 3.15. The van der Waals surface area contributed by atoms with Crippen LogP contribution in [0.2, 0.25) is 0 Å². The topological polar surface area (TPSA) is 79.4 Å². The molecule has 1 rings (SSSR count). The third kappa shape index (κ3) is 1.29. The minimum absolute atomic E-state index is 0.211. The Morgan fingerprint density at radius 1 is 1.58 bits per heavy atom. The molecular formula is C7H7NO4. The Kier molecular flexibility index (Phi) is 2.14. The summed E-state index contributed by atoms with van der Waals surface area (Å²) in [6.45, 7) is 0. The highest BCUT2D eigenvalue weighted by Gasteiger charge is 2.11. The average Bonchev–Trinajstić information content (AvgIpc) is 2.08. The maximum atomic E-state index is 11.0. The van der Waals surface area contributed by atoms with Crippen LogP contribution in [0.1, 0.15) is 10.4 Å². The van der Waals surface area contributed by atoms with Gasteiger partial charge in [-0.05, 0) is 0 Å². The van der Waals surface area contributed by atoms with Gasteiger partial charge in [0.1, 0.15) is 5.56 Å². The number of aromatic hydroxyl groups is 1. The molecular weight excluding hydrogens is 162 g/mol. The summed E-state index contributed by atoms with van der Waals surface area (Å²) in [7, 11) is 1.16. The number of ether oxygens (including phenoxy) is 1. The maximum absolute atomic E-state index is 11.0. The number of carbonyl (C=O) groups excluding carboxylic acids is 1. The van der Waals surface area contributed by atoms with Crippen LogP contribution in [0.3, 0.4) is 0 Å². The zero-order valence-corrected chi connectivity index (χ0v) is 6.33. The third-order valence-electron chi connectivity index (χ3n) is 1.33. The van der Waals surface area contributed by atoms with Crippen molar-refractivity contribution in [2.75, 3.05) is 7.11 Å². The summed E-state index contributed by atoms with van der Waals surface area (Å²) in [4.78, 5) is 24.3. The fraction of sp³-hybridized carbons (Fsp3) is 0.143. The van der Waals surface area contributed by atoms with Crippen LogP contribution in [-0.2, 0) is 4.74 Å². The molecule has 12 heavy (non-hydrogen) atoms. The number of esters is 1. The van der Waals surface area contributed by atoms with Gasteiger partial charge in [-0.2, -0.15) is 0 Å². The number of methoxy groups -OCH3 is 1. The fourth-order valence-corrected chi connectivity index (χ4v) is 0.735. The van der Waals surface area contributed by atoms with E-state index in [0.717, 1.165) is 13.3 Å².